The van der Waals surface area contributed by atoms with Crippen molar-refractivity contribution >= 4 is 11.6 Å². The number of carbonyl (C=O) groups is 1. The number of phenols is 1. The highest BCUT2D eigenvalue weighted by Crippen LogP contribution is 2.19. The van der Waals surface area contributed by atoms with Crippen LogP contribution in [0.4, 0.5) is 5.69 Å². The largest absolute Gasteiger partial charge is 0.508 e. The molecule has 5 nitrogen and oxygen atoms in total. The van der Waals surface area contributed by atoms with Gasteiger partial charge in [-0.3, -0.25) is 4.79 Å². The van der Waals surface area contributed by atoms with Crippen molar-refractivity contribution in [1.82, 2.24) is 5.32 Å². The molecule has 0 bridgehead atoms. The Morgan fingerprint density at radius 1 is 1.56 bits per heavy atom. The van der Waals surface area contributed by atoms with E-state index in [1.807, 2.05) is 0 Å². The van der Waals surface area contributed by atoms with E-state index in [-0.39, 0.29) is 24.3 Å². The summed E-state index contributed by atoms with van der Waals surface area (Å²) in [6.07, 6.45) is 2.38. The smallest absolute Gasteiger partial charge is 0.222 e. The number of nitrogens with one attached hydrogen (secondary N) is 1. The summed E-state index contributed by atoms with van der Waals surface area (Å²) < 4.78 is 5.39. The molecule has 1 amide bonds. The van der Waals surface area contributed by atoms with E-state index in [0.29, 0.717) is 17.7 Å². The molecule has 1 aromatic carbocycles. The summed E-state index contributed by atoms with van der Waals surface area (Å²) in [5.41, 5.74) is 6.81. The van der Waals surface area contributed by atoms with E-state index in [1.165, 1.54) is 6.07 Å². The lowest BCUT2D eigenvalue weighted by Gasteiger charge is -2.11. The Morgan fingerprint density at radius 2 is 2.39 bits per heavy atom. The van der Waals surface area contributed by atoms with Gasteiger partial charge in [-0.05, 0) is 31.0 Å². The first-order chi connectivity index (χ1) is 8.65. The van der Waals surface area contributed by atoms with Gasteiger partial charge in [0, 0.05) is 24.4 Å². The van der Waals surface area contributed by atoms with Crippen LogP contribution >= 0.6 is 0 Å². The molecule has 0 saturated carbocycles. The van der Waals surface area contributed by atoms with Crippen molar-refractivity contribution in [2.24, 2.45) is 0 Å². The minimum atomic E-state index is -0.0660. The summed E-state index contributed by atoms with van der Waals surface area (Å²) in [6.45, 7) is 1.02. The number of amides is 1. The van der Waals surface area contributed by atoms with E-state index in [0.717, 1.165) is 19.4 Å². The minimum absolute atomic E-state index is 0.0411. The molecule has 2 rings (SSSR count). The van der Waals surface area contributed by atoms with Crippen LogP contribution in [0.25, 0.3) is 0 Å². The molecule has 1 atom stereocenters. The second-order valence-electron chi connectivity index (χ2n) is 4.50. The molecule has 18 heavy (non-hydrogen) atoms. The van der Waals surface area contributed by atoms with E-state index < -0.39 is 0 Å². The van der Waals surface area contributed by atoms with Gasteiger partial charge in [0.05, 0.1) is 12.5 Å². The van der Waals surface area contributed by atoms with Gasteiger partial charge in [-0.25, -0.2) is 0 Å². The predicted molar refractivity (Wildman–Crippen MR) is 68.0 cm³/mol. The lowest BCUT2D eigenvalue weighted by Crippen LogP contribution is -2.26. The number of phenolic OH excluding ortho intramolecular Hbond substituents is 1. The molecule has 1 aromatic rings. The monoisotopic (exact) mass is 250 g/mol. The van der Waals surface area contributed by atoms with Gasteiger partial charge in [-0.15, -0.1) is 0 Å². The van der Waals surface area contributed by atoms with Crippen LogP contribution in [0.15, 0.2) is 18.2 Å². The number of hydrogen-bond donors (Lipinski definition) is 3. The average Bonchev–Trinajstić information content (AvgIpc) is 2.83. The Labute approximate surface area is 106 Å². The summed E-state index contributed by atoms with van der Waals surface area (Å²) in [6, 6.07) is 4.80. The van der Waals surface area contributed by atoms with Gasteiger partial charge >= 0.3 is 0 Å². The number of nitrogens with two attached hydrogens (primary N) is 1. The van der Waals surface area contributed by atoms with Crippen molar-refractivity contribution in [3.8, 4) is 5.75 Å². The maximum atomic E-state index is 11.7. The van der Waals surface area contributed by atoms with Crippen molar-refractivity contribution in [3.63, 3.8) is 0 Å². The third kappa shape index (κ3) is 3.37. The van der Waals surface area contributed by atoms with E-state index >= 15 is 0 Å². The van der Waals surface area contributed by atoms with E-state index in [1.54, 1.807) is 12.1 Å². The number of carbonyl (C=O) groups excluding carboxylic acids is 1. The Balaban J connectivity index is 1.83. The molecule has 1 saturated heterocycles. The van der Waals surface area contributed by atoms with Crippen LogP contribution in [0.5, 0.6) is 5.75 Å². The molecule has 0 radical (unpaired) electrons. The molecule has 1 aliphatic rings. The topological polar surface area (TPSA) is 84.6 Å². The summed E-state index contributed by atoms with van der Waals surface area (Å²) in [5.74, 6) is 0.0744. The van der Waals surface area contributed by atoms with Gasteiger partial charge in [0.15, 0.2) is 0 Å². The van der Waals surface area contributed by atoms with E-state index in [4.69, 9.17) is 10.5 Å². The molecular weight excluding hydrogens is 232 g/mol. The Bertz CT molecular complexity index is 428. The first-order valence-electron chi connectivity index (χ1n) is 6.11. The molecule has 0 spiro atoms. The van der Waals surface area contributed by atoms with Gasteiger partial charge in [0.25, 0.3) is 0 Å². The van der Waals surface area contributed by atoms with Crippen LogP contribution in [0.2, 0.25) is 0 Å². The average molecular weight is 250 g/mol. The first-order valence-corrected chi connectivity index (χ1v) is 6.11. The first kappa shape index (κ1) is 12.7. The van der Waals surface area contributed by atoms with E-state index in [2.05, 4.69) is 5.32 Å². The highest BCUT2D eigenvalue weighted by atomic mass is 16.5. The molecule has 1 aliphatic heterocycles. The molecule has 1 fully saturated rings. The predicted octanol–water partition coefficient (Wildman–Crippen LogP) is 1.16. The molecule has 0 aromatic heterocycles. The van der Waals surface area contributed by atoms with Crippen LogP contribution in [0, 0.1) is 0 Å². The standard InChI is InChI=1S/C13H18N2O3/c14-10-3-4-12(16)9(6-10)8-15-13(17)7-11-2-1-5-18-11/h3-4,6,11,16H,1-2,5,7-8,14H2,(H,15,17). The molecule has 5 heteroatoms. The molecule has 4 N–H and O–H groups in total. The molecule has 1 heterocycles. The maximum absolute atomic E-state index is 11.7. The molecule has 98 valence electrons. The molecule has 1 unspecified atom stereocenters. The minimum Gasteiger partial charge on any atom is -0.508 e. The highest BCUT2D eigenvalue weighted by molar-refractivity contribution is 5.76. The normalized spacial score (nSPS) is 18.8. The Morgan fingerprint density at radius 3 is 3.11 bits per heavy atom. The lowest BCUT2D eigenvalue weighted by atomic mass is 10.1. The number of aromatic hydroxyl groups is 1. The number of benzene rings is 1. The van der Waals surface area contributed by atoms with E-state index in [9.17, 15) is 9.90 Å². The fraction of sp³-hybridized carbons (Fsp3) is 0.462. The number of ether oxygens (including phenoxy) is 1. The zero-order chi connectivity index (χ0) is 13.0. The Hall–Kier alpha value is -1.75. The van der Waals surface area contributed by atoms with Crippen LogP contribution < -0.4 is 11.1 Å². The summed E-state index contributed by atoms with van der Waals surface area (Å²) in [7, 11) is 0. The Kier molecular flexibility index (Phi) is 4.04. The van der Waals surface area contributed by atoms with Gasteiger partial charge in [0.1, 0.15) is 5.75 Å². The van der Waals surface area contributed by atoms with Gasteiger partial charge in [-0.2, -0.15) is 0 Å². The fourth-order valence-corrected chi connectivity index (χ4v) is 2.03. The van der Waals surface area contributed by atoms with Crippen LogP contribution in [-0.4, -0.2) is 23.7 Å². The SMILES string of the molecule is Nc1ccc(O)c(CNC(=O)CC2CCCO2)c1. The van der Waals surface area contributed by atoms with Gasteiger partial charge in [-0.1, -0.05) is 0 Å². The van der Waals surface area contributed by atoms with Crippen molar-refractivity contribution in [1.29, 1.82) is 0 Å². The second kappa shape index (κ2) is 5.73. The van der Waals surface area contributed by atoms with Crippen molar-refractivity contribution in [2.75, 3.05) is 12.3 Å². The lowest BCUT2D eigenvalue weighted by molar-refractivity contribution is -0.123. The molecular formula is C13H18N2O3. The highest BCUT2D eigenvalue weighted by Gasteiger charge is 2.18. The van der Waals surface area contributed by atoms with Crippen molar-refractivity contribution in [2.45, 2.75) is 31.9 Å². The van der Waals surface area contributed by atoms with Gasteiger partial charge < -0.3 is 20.9 Å². The van der Waals surface area contributed by atoms with Crippen molar-refractivity contribution < 1.29 is 14.6 Å². The third-order valence-corrected chi connectivity index (χ3v) is 3.02. The summed E-state index contributed by atoms with van der Waals surface area (Å²) in [4.78, 5) is 11.7. The number of nitrogen functional groups attached to an aromatic ring is 1. The third-order valence-electron chi connectivity index (χ3n) is 3.02. The summed E-state index contributed by atoms with van der Waals surface area (Å²) >= 11 is 0. The fourth-order valence-electron chi connectivity index (χ4n) is 2.03. The maximum Gasteiger partial charge on any atom is 0.222 e. The summed E-state index contributed by atoms with van der Waals surface area (Å²) in [5, 5.41) is 12.4. The number of anilines is 1. The van der Waals surface area contributed by atoms with Crippen LogP contribution in [0.1, 0.15) is 24.8 Å². The quantitative estimate of drug-likeness (QED) is 0.553. The van der Waals surface area contributed by atoms with Crippen molar-refractivity contribution in [3.05, 3.63) is 23.8 Å². The zero-order valence-corrected chi connectivity index (χ0v) is 10.2. The number of hydrogen-bond acceptors (Lipinski definition) is 4. The van der Waals surface area contributed by atoms with Crippen LogP contribution in [0.3, 0.4) is 0 Å². The number of rotatable bonds is 4. The second-order valence-corrected chi connectivity index (χ2v) is 4.50. The molecule has 0 aliphatic carbocycles. The van der Waals surface area contributed by atoms with Gasteiger partial charge in [0.2, 0.25) is 5.91 Å². The van der Waals surface area contributed by atoms with Crippen LogP contribution in [-0.2, 0) is 16.1 Å². The zero-order valence-electron chi connectivity index (χ0n) is 10.2.